The molecule has 38 heavy (non-hydrogen) atoms. The highest BCUT2D eigenvalue weighted by atomic mass is 16.5. The Balaban J connectivity index is 3.78. The lowest BCUT2D eigenvalue weighted by molar-refractivity contribution is -0.0711. The van der Waals surface area contributed by atoms with E-state index in [2.05, 4.69) is 24.5 Å². The van der Waals surface area contributed by atoms with Crippen LogP contribution in [0, 0.1) is 0 Å². The van der Waals surface area contributed by atoms with Crippen LogP contribution in [0.3, 0.4) is 0 Å². The SMILES string of the molecule is CCCCCCCCCCCCCCOC(CNC)C(CNC)OCCCCCCCCCCCCCC. The molecule has 0 aliphatic heterocycles. The molecule has 0 heterocycles. The molecule has 0 spiro atoms. The maximum atomic E-state index is 6.33. The van der Waals surface area contributed by atoms with Crippen molar-refractivity contribution in [3.8, 4) is 0 Å². The topological polar surface area (TPSA) is 42.5 Å². The second-order valence-corrected chi connectivity index (χ2v) is 11.7. The summed E-state index contributed by atoms with van der Waals surface area (Å²) in [5.41, 5.74) is 0. The van der Waals surface area contributed by atoms with Crippen molar-refractivity contribution in [2.45, 2.75) is 180 Å². The van der Waals surface area contributed by atoms with E-state index in [0.717, 1.165) is 26.3 Å². The Morgan fingerprint density at radius 1 is 0.368 bits per heavy atom. The molecule has 0 aliphatic rings. The maximum absolute atomic E-state index is 6.33. The molecule has 0 fully saturated rings. The quantitative estimate of drug-likeness (QED) is 0.0813. The minimum absolute atomic E-state index is 0.123. The van der Waals surface area contributed by atoms with Crippen molar-refractivity contribution in [1.29, 1.82) is 0 Å². The van der Waals surface area contributed by atoms with Gasteiger partial charge in [-0.25, -0.2) is 0 Å². The molecule has 0 aromatic rings. The molecular formula is C34H72N2O2. The predicted molar refractivity (Wildman–Crippen MR) is 169 cm³/mol. The number of rotatable bonds is 33. The molecule has 0 saturated heterocycles. The van der Waals surface area contributed by atoms with E-state index in [-0.39, 0.29) is 12.2 Å². The molecule has 2 atom stereocenters. The van der Waals surface area contributed by atoms with E-state index in [4.69, 9.17) is 9.47 Å². The molecule has 230 valence electrons. The van der Waals surface area contributed by atoms with Gasteiger partial charge >= 0.3 is 0 Å². The summed E-state index contributed by atoms with van der Waals surface area (Å²) in [5.74, 6) is 0. The molecule has 0 rings (SSSR count). The number of unbranched alkanes of at least 4 members (excludes halogenated alkanes) is 22. The third-order valence-corrected chi connectivity index (χ3v) is 7.88. The van der Waals surface area contributed by atoms with E-state index in [0.29, 0.717) is 0 Å². The van der Waals surface area contributed by atoms with E-state index in [1.54, 1.807) is 0 Å². The molecule has 0 radical (unpaired) electrons. The van der Waals surface area contributed by atoms with E-state index in [1.807, 2.05) is 14.1 Å². The molecule has 2 N–H and O–H groups in total. The van der Waals surface area contributed by atoms with Crippen LogP contribution in [0.15, 0.2) is 0 Å². The second-order valence-electron chi connectivity index (χ2n) is 11.7. The Kier molecular flexibility index (Phi) is 32.9. The number of hydrogen-bond donors (Lipinski definition) is 2. The molecule has 2 unspecified atom stereocenters. The highest BCUT2D eigenvalue weighted by Gasteiger charge is 2.21. The zero-order chi connectivity index (χ0) is 27.8. The van der Waals surface area contributed by atoms with Gasteiger partial charge < -0.3 is 20.1 Å². The Bertz CT molecular complexity index is 383. The van der Waals surface area contributed by atoms with Gasteiger partial charge in [-0.3, -0.25) is 0 Å². The average molecular weight is 541 g/mol. The predicted octanol–water partition coefficient (Wildman–Crippen LogP) is 9.60. The first kappa shape index (κ1) is 37.8. The summed E-state index contributed by atoms with van der Waals surface area (Å²) >= 11 is 0. The van der Waals surface area contributed by atoms with Crippen molar-refractivity contribution >= 4 is 0 Å². The van der Waals surface area contributed by atoms with Crippen LogP contribution in [-0.4, -0.2) is 52.6 Å². The van der Waals surface area contributed by atoms with Crippen molar-refractivity contribution in [2.24, 2.45) is 0 Å². The van der Waals surface area contributed by atoms with Gasteiger partial charge in [0.25, 0.3) is 0 Å². The smallest absolute Gasteiger partial charge is 0.0972 e. The van der Waals surface area contributed by atoms with Gasteiger partial charge in [0.2, 0.25) is 0 Å². The summed E-state index contributed by atoms with van der Waals surface area (Å²) in [6.45, 7) is 7.99. The van der Waals surface area contributed by atoms with Gasteiger partial charge in [-0.05, 0) is 26.9 Å². The van der Waals surface area contributed by atoms with E-state index in [9.17, 15) is 0 Å². The Labute approximate surface area is 240 Å². The summed E-state index contributed by atoms with van der Waals surface area (Å²) in [4.78, 5) is 0. The van der Waals surface area contributed by atoms with Crippen LogP contribution in [-0.2, 0) is 9.47 Å². The lowest BCUT2D eigenvalue weighted by Crippen LogP contribution is -2.44. The average Bonchev–Trinajstić information content (AvgIpc) is 2.92. The standard InChI is InChI=1S/C34H72N2O2/c1-5-7-9-11-13-15-17-19-21-23-25-27-29-37-33(31-35-3)34(32-36-4)38-30-28-26-24-22-20-18-16-14-12-10-8-6-2/h33-36H,5-32H2,1-4H3. The fourth-order valence-electron chi connectivity index (χ4n) is 5.35. The van der Waals surface area contributed by atoms with Crippen LogP contribution in [0.2, 0.25) is 0 Å². The van der Waals surface area contributed by atoms with Gasteiger partial charge in [-0.15, -0.1) is 0 Å². The second kappa shape index (κ2) is 33.0. The fraction of sp³-hybridized carbons (Fsp3) is 1.00. The first-order valence-electron chi connectivity index (χ1n) is 17.3. The lowest BCUT2D eigenvalue weighted by Gasteiger charge is -2.27. The molecule has 0 saturated carbocycles. The summed E-state index contributed by atoms with van der Waals surface area (Å²) in [6, 6.07) is 0. The lowest BCUT2D eigenvalue weighted by atomic mass is 10.1. The highest BCUT2D eigenvalue weighted by molar-refractivity contribution is 4.75. The number of likely N-dealkylation sites (N-methyl/N-ethyl adjacent to an activating group) is 2. The van der Waals surface area contributed by atoms with Crippen LogP contribution in [0.1, 0.15) is 168 Å². The maximum Gasteiger partial charge on any atom is 0.0972 e. The van der Waals surface area contributed by atoms with E-state index < -0.39 is 0 Å². The van der Waals surface area contributed by atoms with Crippen LogP contribution >= 0.6 is 0 Å². The normalized spacial score (nSPS) is 13.3. The summed E-state index contributed by atoms with van der Waals surface area (Å²) < 4.78 is 12.7. The van der Waals surface area contributed by atoms with Crippen LogP contribution in [0.4, 0.5) is 0 Å². The molecule has 0 aromatic carbocycles. The van der Waals surface area contributed by atoms with E-state index in [1.165, 1.54) is 154 Å². The van der Waals surface area contributed by atoms with Crippen LogP contribution in [0.25, 0.3) is 0 Å². The Hall–Kier alpha value is -0.160. The van der Waals surface area contributed by atoms with Crippen LogP contribution < -0.4 is 10.6 Å². The van der Waals surface area contributed by atoms with Gasteiger partial charge in [0, 0.05) is 26.3 Å². The zero-order valence-electron chi connectivity index (χ0n) is 26.8. The fourth-order valence-corrected chi connectivity index (χ4v) is 5.35. The molecule has 0 amide bonds. The van der Waals surface area contributed by atoms with Crippen molar-refractivity contribution in [2.75, 3.05) is 40.4 Å². The van der Waals surface area contributed by atoms with Crippen LogP contribution in [0.5, 0.6) is 0 Å². The van der Waals surface area contributed by atoms with Crippen molar-refractivity contribution < 1.29 is 9.47 Å². The summed E-state index contributed by atoms with van der Waals surface area (Å²) in [6.07, 6.45) is 33.4. The van der Waals surface area contributed by atoms with Gasteiger partial charge in [0.15, 0.2) is 0 Å². The third kappa shape index (κ3) is 27.4. The van der Waals surface area contributed by atoms with Crippen molar-refractivity contribution in [3.63, 3.8) is 0 Å². The third-order valence-electron chi connectivity index (χ3n) is 7.88. The molecular weight excluding hydrogens is 468 g/mol. The van der Waals surface area contributed by atoms with Gasteiger partial charge in [-0.2, -0.15) is 0 Å². The Morgan fingerprint density at radius 3 is 0.842 bits per heavy atom. The first-order valence-corrected chi connectivity index (χ1v) is 17.3. The van der Waals surface area contributed by atoms with Gasteiger partial charge in [0.05, 0.1) is 12.2 Å². The van der Waals surface area contributed by atoms with Crippen molar-refractivity contribution in [1.82, 2.24) is 10.6 Å². The van der Waals surface area contributed by atoms with E-state index >= 15 is 0 Å². The number of ether oxygens (including phenoxy) is 2. The Morgan fingerprint density at radius 2 is 0.605 bits per heavy atom. The van der Waals surface area contributed by atoms with Gasteiger partial charge in [-0.1, -0.05) is 155 Å². The van der Waals surface area contributed by atoms with Crippen molar-refractivity contribution in [3.05, 3.63) is 0 Å². The molecule has 0 bridgehead atoms. The number of hydrogen-bond acceptors (Lipinski definition) is 4. The summed E-state index contributed by atoms with van der Waals surface area (Å²) in [5, 5.41) is 6.64. The molecule has 0 aliphatic carbocycles. The molecule has 4 heteroatoms. The minimum atomic E-state index is 0.123. The minimum Gasteiger partial charge on any atom is -0.374 e. The van der Waals surface area contributed by atoms with Gasteiger partial charge in [0.1, 0.15) is 0 Å². The first-order chi connectivity index (χ1) is 18.8. The zero-order valence-corrected chi connectivity index (χ0v) is 26.8. The molecule has 0 aromatic heterocycles. The largest absolute Gasteiger partial charge is 0.374 e. The molecule has 4 nitrogen and oxygen atoms in total. The monoisotopic (exact) mass is 541 g/mol. The summed E-state index contributed by atoms with van der Waals surface area (Å²) in [7, 11) is 4.03. The highest BCUT2D eigenvalue weighted by Crippen LogP contribution is 2.14. The number of nitrogens with one attached hydrogen (secondary N) is 2.